The van der Waals surface area contributed by atoms with E-state index in [9.17, 15) is 5.11 Å². The smallest absolute Gasteiger partial charge is 0.141 e. The number of nitriles is 1. The van der Waals surface area contributed by atoms with Crippen LogP contribution in [-0.2, 0) is 0 Å². The van der Waals surface area contributed by atoms with Crippen molar-refractivity contribution in [1.82, 2.24) is 15.0 Å². The molecule has 16 heavy (non-hydrogen) atoms. The Kier molecular flexibility index (Phi) is 1.59. The van der Waals surface area contributed by atoms with E-state index >= 15 is 0 Å². The molecule has 0 bridgehead atoms. The van der Waals surface area contributed by atoms with Crippen molar-refractivity contribution in [3.05, 3.63) is 30.2 Å². The molecule has 0 radical (unpaired) electrons. The number of hydrogen-bond donors (Lipinski definition) is 2. The predicted octanol–water partition coefficient (Wildman–Crippen LogP) is 1.69. The van der Waals surface area contributed by atoms with Crippen LogP contribution in [0.2, 0.25) is 0 Å². The lowest BCUT2D eigenvalue weighted by Crippen LogP contribution is -1.80. The topological polar surface area (TPSA) is 85.6 Å². The Balaban J connectivity index is 2.50. The van der Waals surface area contributed by atoms with Gasteiger partial charge in [0.1, 0.15) is 23.2 Å². The van der Waals surface area contributed by atoms with Crippen LogP contribution in [0.3, 0.4) is 0 Å². The number of aromatic nitrogens is 3. The fraction of sp³-hybridized carbons (Fsp3) is 0. The lowest BCUT2D eigenvalue weighted by molar-refractivity contribution is 0.474. The van der Waals surface area contributed by atoms with Crippen LogP contribution >= 0.6 is 0 Å². The largest absolute Gasteiger partial charge is 0.506 e. The van der Waals surface area contributed by atoms with Crippen molar-refractivity contribution < 1.29 is 5.11 Å². The third-order valence-electron chi connectivity index (χ3n) is 2.44. The Morgan fingerprint density at radius 3 is 2.88 bits per heavy atom. The minimum Gasteiger partial charge on any atom is -0.506 e. The molecule has 76 valence electrons. The molecule has 0 saturated heterocycles. The minimum absolute atomic E-state index is 0.101. The number of pyridine rings is 2. The summed E-state index contributed by atoms with van der Waals surface area (Å²) in [7, 11) is 0. The molecule has 3 aromatic rings. The van der Waals surface area contributed by atoms with Crippen molar-refractivity contribution in [3.63, 3.8) is 0 Å². The summed E-state index contributed by atoms with van der Waals surface area (Å²) in [6, 6.07) is 5.27. The second-order valence-electron chi connectivity index (χ2n) is 3.44. The summed E-state index contributed by atoms with van der Waals surface area (Å²) in [5.41, 5.74) is 1.81. The van der Waals surface area contributed by atoms with Crippen LogP contribution < -0.4 is 0 Å². The zero-order valence-corrected chi connectivity index (χ0v) is 8.10. The van der Waals surface area contributed by atoms with Gasteiger partial charge in [-0.05, 0) is 12.1 Å². The first-order valence-electron chi connectivity index (χ1n) is 4.64. The zero-order chi connectivity index (χ0) is 11.1. The Morgan fingerprint density at radius 1 is 1.19 bits per heavy atom. The maximum absolute atomic E-state index is 9.38. The average Bonchev–Trinajstić information content (AvgIpc) is 2.66. The molecule has 0 aliphatic rings. The number of fused-ring (bicyclic) bond motifs is 3. The summed E-state index contributed by atoms with van der Waals surface area (Å²) in [5, 5.41) is 19.8. The van der Waals surface area contributed by atoms with E-state index in [4.69, 9.17) is 5.26 Å². The lowest BCUT2D eigenvalue weighted by Gasteiger charge is -1.92. The van der Waals surface area contributed by atoms with E-state index in [-0.39, 0.29) is 5.75 Å². The molecule has 0 unspecified atom stereocenters. The van der Waals surface area contributed by atoms with Crippen LogP contribution in [0.25, 0.3) is 21.9 Å². The van der Waals surface area contributed by atoms with Gasteiger partial charge in [-0.15, -0.1) is 0 Å². The first kappa shape index (κ1) is 8.68. The van der Waals surface area contributed by atoms with Crippen LogP contribution in [-0.4, -0.2) is 20.1 Å². The van der Waals surface area contributed by atoms with Gasteiger partial charge in [-0.3, -0.25) is 0 Å². The second kappa shape index (κ2) is 2.94. The molecule has 0 saturated carbocycles. The SMILES string of the molecule is N#Cc1cc2c(cn1)[nH]c1ncc(O)cc12. The van der Waals surface area contributed by atoms with E-state index in [1.165, 1.54) is 6.20 Å². The van der Waals surface area contributed by atoms with Crippen molar-refractivity contribution in [2.45, 2.75) is 0 Å². The van der Waals surface area contributed by atoms with Crippen LogP contribution in [0.15, 0.2) is 24.5 Å². The van der Waals surface area contributed by atoms with Crippen molar-refractivity contribution >= 4 is 21.9 Å². The number of nitrogens with one attached hydrogen (secondary N) is 1. The van der Waals surface area contributed by atoms with Gasteiger partial charge in [0.05, 0.1) is 17.9 Å². The van der Waals surface area contributed by atoms with E-state index in [1.807, 2.05) is 6.07 Å². The fourth-order valence-corrected chi connectivity index (χ4v) is 1.73. The van der Waals surface area contributed by atoms with Gasteiger partial charge in [-0.2, -0.15) is 5.26 Å². The van der Waals surface area contributed by atoms with Gasteiger partial charge in [0.25, 0.3) is 0 Å². The summed E-state index contributed by atoms with van der Waals surface area (Å²) < 4.78 is 0. The highest BCUT2D eigenvalue weighted by Crippen LogP contribution is 2.26. The van der Waals surface area contributed by atoms with Gasteiger partial charge in [-0.25, -0.2) is 9.97 Å². The summed E-state index contributed by atoms with van der Waals surface area (Å²) in [6.07, 6.45) is 2.96. The van der Waals surface area contributed by atoms with Crippen LogP contribution in [0.1, 0.15) is 5.69 Å². The van der Waals surface area contributed by atoms with Crippen molar-refractivity contribution in [1.29, 1.82) is 5.26 Å². The van der Waals surface area contributed by atoms with Gasteiger partial charge in [0.2, 0.25) is 0 Å². The molecule has 0 atom stereocenters. The number of aromatic hydroxyl groups is 1. The highest BCUT2D eigenvalue weighted by molar-refractivity contribution is 6.06. The molecule has 5 nitrogen and oxygen atoms in total. The van der Waals surface area contributed by atoms with Gasteiger partial charge < -0.3 is 10.1 Å². The number of H-pyrrole nitrogens is 1. The molecule has 0 amide bonds. The number of nitrogens with zero attached hydrogens (tertiary/aromatic N) is 3. The standard InChI is InChI=1S/C11H6N4O/c12-3-6-1-8-9-2-7(16)4-14-11(9)15-10(8)5-13-6/h1-2,4-5,16H,(H,14,15). The maximum atomic E-state index is 9.38. The third-order valence-corrected chi connectivity index (χ3v) is 2.44. The Hall–Kier alpha value is -2.61. The lowest BCUT2D eigenvalue weighted by atomic mass is 10.2. The molecule has 3 aromatic heterocycles. The molecule has 3 heterocycles. The van der Waals surface area contributed by atoms with Gasteiger partial charge in [-0.1, -0.05) is 0 Å². The predicted molar refractivity (Wildman–Crippen MR) is 57.8 cm³/mol. The molecule has 2 N–H and O–H groups in total. The third kappa shape index (κ3) is 1.10. The van der Waals surface area contributed by atoms with Gasteiger partial charge >= 0.3 is 0 Å². The van der Waals surface area contributed by atoms with E-state index in [1.54, 1.807) is 18.3 Å². The molecule has 0 aliphatic carbocycles. The summed E-state index contributed by atoms with van der Waals surface area (Å²) >= 11 is 0. The van der Waals surface area contributed by atoms with Crippen LogP contribution in [0, 0.1) is 11.3 Å². The molecule has 0 aromatic carbocycles. The molecule has 3 rings (SSSR count). The second-order valence-corrected chi connectivity index (χ2v) is 3.44. The number of aromatic amines is 1. The highest BCUT2D eigenvalue weighted by Gasteiger charge is 2.07. The summed E-state index contributed by atoms with van der Waals surface area (Å²) in [6.45, 7) is 0. The van der Waals surface area contributed by atoms with Crippen LogP contribution in [0.4, 0.5) is 0 Å². The summed E-state index contributed by atoms with van der Waals surface area (Å²) in [4.78, 5) is 11.1. The normalized spacial score (nSPS) is 10.7. The number of hydrogen-bond acceptors (Lipinski definition) is 4. The van der Waals surface area contributed by atoms with E-state index in [0.717, 1.165) is 16.3 Å². The molecule has 5 heteroatoms. The first-order chi connectivity index (χ1) is 7.78. The summed E-state index contributed by atoms with van der Waals surface area (Å²) in [5.74, 6) is 0.101. The molecule has 0 spiro atoms. The molecule has 0 fully saturated rings. The van der Waals surface area contributed by atoms with Crippen molar-refractivity contribution in [2.75, 3.05) is 0 Å². The molecule has 0 aliphatic heterocycles. The minimum atomic E-state index is 0.101. The average molecular weight is 210 g/mol. The maximum Gasteiger partial charge on any atom is 0.141 e. The molecular weight excluding hydrogens is 204 g/mol. The Morgan fingerprint density at radius 2 is 2.06 bits per heavy atom. The number of rotatable bonds is 0. The quantitative estimate of drug-likeness (QED) is 0.591. The van der Waals surface area contributed by atoms with Gasteiger partial charge in [0.15, 0.2) is 0 Å². The zero-order valence-electron chi connectivity index (χ0n) is 8.10. The highest BCUT2D eigenvalue weighted by atomic mass is 16.3. The monoisotopic (exact) mass is 210 g/mol. The van der Waals surface area contributed by atoms with E-state index < -0.39 is 0 Å². The van der Waals surface area contributed by atoms with Crippen molar-refractivity contribution in [2.24, 2.45) is 0 Å². The Bertz CT molecular complexity index is 739. The van der Waals surface area contributed by atoms with Crippen molar-refractivity contribution in [3.8, 4) is 11.8 Å². The fourth-order valence-electron chi connectivity index (χ4n) is 1.73. The Labute approximate surface area is 90.0 Å². The first-order valence-corrected chi connectivity index (χ1v) is 4.64. The van der Waals surface area contributed by atoms with Gasteiger partial charge in [0, 0.05) is 10.8 Å². The van der Waals surface area contributed by atoms with E-state index in [0.29, 0.717) is 11.3 Å². The molecular formula is C11H6N4O. The van der Waals surface area contributed by atoms with E-state index in [2.05, 4.69) is 15.0 Å². The van der Waals surface area contributed by atoms with Crippen LogP contribution in [0.5, 0.6) is 5.75 Å².